The molecule has 26 heavy (non-hydrogen) atoms. The second kappa shape index (κ2) is 6.83. The van der Waals surface area contributed by atoms with Crippen LogP contribution in [0.25, 0.3) is 17.4 Å². The second-order valence-electron chi connectivity index (χ2n) is 5.53. The van der Waals surface area contributed by atoms with Crippen molar-refractivity contribution in [2.75, 3.05) is 0 Å². The van der Waals surface area contributed by atoms with Gasteiger partial charge in [-0.15, -0.1) is 0 Å². The molecule has 1 aliphatic rings. The molecule has 2 heterocycles. The maximum atomic E-state index is 12.1. The van der Waals surface area contributed by atoms with Gasteiger partial charge < -0.3 is 9.15 Å². The van der Waals surface area contributed by atoms with Crippen LogP contribution in [0.15, 0.2) is 75.8 Å². The molecular weight excluding hydrogens is 373 g/mol. The van der Waals surface area contributed by atoms with Crippen molar-refractivity contribution in [2.24, 2.45) is 4.99 Å². The van der Waals surface area contributed by atoms with Crippen LogP contribution < -0.4 is 0 Å². The lowest BCUT2D eigenvalue weighted by molar-refractivity contribution is -0.129. The van der Waals surface area contributed by atoms with Gasteiger partial charge in [0.1, 0.15) is 11.5 Å². The van der Waals surface area contributed by atoms with E-state index in [0.29, 0.717) is 27.1 Å². The lowest BCUT2D eigenvalue weighted by Crippen LogP contribution is -2.04. The van der Waals surface area contributed by atoms with Crippen molar-refractivity contribution >= 4 is 41.1 Å². The standard InChI is InChI=1S/C20H11Cl2NO3/c21-13-6-8-16(22)15(10-13)18-9-7-14(25-18)11-17-20(24)26-19(23-17)12-4-2-1-3-5-12/h1-11H/b17-11+. The number of aliphatic imine (C=N–C) groups is 1. The Bertz CT molecular complexity index is 1050. The van der Waals surface area contributed by atoms with Gasteiger partial charge in [-0.3, -0.25) is 0 Å². The van der Waals surface area contributed by atoms with Crippen LogP contribution in [0.1, 0.15) is 11.3 Å². The van der Waals surface area contributed by atoms with Crippen LogP contribution in [0.3, 0.4) is 0 Å². The van der Waals surface area contributed by atoms with Crippen molar-refractivity contribution < 1.29 is 13.9 Å². The summed E-state index contributed by atoms with van der Waals surface area (Å²) in [6, 6.07) is 17.8. The summed E-state index contributed by atoms with van der Waals surface area (Å²) in [6.45, 7) is 0. The lowest BCUT2D eigenvalue weighted by atomic mass is 10.2. The molecule has 0 unspecified atom stereocenters. The van der Waals surface area contributed by atoms with Gasteiger partial charge in [0.2, 0.25) is 5.90 Å². The van der Waals surface area contributed by atoms with E-state index in [1.807, 2.05) is 30.3 Å². The van der Waals surface area contributed by atoms with Gasteiger partial charge in [-0.25, -0.2) is 9.79 Å². The van der Waals surface area contributed by atoms with Crippen LogP contribution in [0.5, 0.6) is 0 Å². The number of carbonyl (C=O) groups excluding carboxylic acids is 1. The topological polar surface area (TPSA) is 51.8 Å². The Morgan fingerprint density at radius 1 is 0.962 bits per heavy atom. The molecule has 0 saturated heterocycles. The summed E-state index contributed by atoms with van der Waals surface area (Å²) < 4.78 is 11.0. The Hall–Kier alpha value is -2.82. The van der Waals surface area contributed by atoms with E-state index in [0.717, 1.165) is 5.56 Å². The first-order chi connectivity index (χ1) is 12.6. The number of nitrogens with zero attached hydrogens (tertiary/aromatic N) is 1. The van der Waals surface area contributed by atoms with E-state index in [4.69, 9.17) is 32.4 Å². The molecule has 0 spiro atoms. The molecule has 0 fully saturated rings. The molecule has 4 nitrogen and oxygen atoms in total. The van der Waals surface area contributed by atoms with E-state index >= 15 is 0 Å². The number of hydrogen-bond acceptors (Lipinski definition) is 4. The largest absolute Gasteiger partial charge is 0.457 e. The molecule has 6 heteroatoms. The van der Waals surface area contributed by atoms with Crippen LogP contribution in [0.2, 0.25) is 10.0 Å². The van der Waals surface area contributed by atoms with Gasteiger partial charge in [0.05, 0.1) is 5.02 Å². The minimum Gasteiger partial charge on any atom is -0.457 e. The Labute approximate surface area is 159 Å². The Morgan fingerprint density at radius 2 is 1.77 bits per heavy atom. The van der Waals surface area contributed by atoms with Gasteiger partial charge >= 0.3 is 5.97 Å². The van der Waals surface area contributed by atoms with E-state index in [-0.39, 0.29) is 11.6 Å². The summed E-state index contributed by atoms with van der Waals surface area (Å²) in [5, 5.41) is 1.07. The number of ether oxygens (including phenoxy) is 1. The second-order valence-corrected chi connectivity index (χ2v) is 6.37. The van der Waals surface area contributed by atoms with Gasteiger partial charge in [0, 0.05) is 22.2 Å². The van der Waals surface area contributed by atoms with E-state index < -0.39 is 5.97 Å². The number of carbonyl (C=O) groups is 1. The van der Waals surface area contributed by atoms with Crippen LogP contribution in [-0.2, 0) is 9.53 Å². The average molecular weight is 384 g/mol. The van der Waals surface area contributed by atoms with Gasteiger partial charge in [-0.2, -0.15) is 0 Å². The summed E-state index contributed by atoms with van der Waals surface area (Å²) in [5.74, 6) is 0.748. The third kappa shape index (κ3) is 3.29. The van der Waals surface area contributed by atoms with Crippen LogP contribution >= 0.6 is 23.2 Å². The quantitative estimate of drug-likeness (QED) is 0.436. The van der Waals surface area contributed by atoms with E-state index in [2.05, 4.69) is 4.99 Å². The highest BCUT2D eigenvalue weighted by molar-refractivity contribution is 6.35. The molecule has 0 bridgehead atoms. The first-order valence-corrected chi connectivity index (χ1v) is 8.49. The molecule has 0 N–H and O–H groups in total. The smallest absolute Gasteiger partial charge is 0.363 e. The fourth-order valence-corrected chi connectivity index (χ4v) is 2.89. The first-order valence-electron chi connectivity index (χ1n) is 7.73. The first kappa shape index (κ1) is 16.6. The van der Waals surface area contributed by atoms with Crippen molar-refractivity contribution in [1.29, 1.82) is 0 Å². The number of esters is 1. The zero-order chi connectivity index (χ0) is 18.1. The Kier molecular flexibility index (Phi) is 4.37. The zero-order valence-electron chi connectivity index (χ0n) is 13.3. The van der Waals surface area contributed by atoms with Gasteiger partial charge in [0.15, 0.2) is 5.70 Å². The highest BCUT2D eigenvalue weighted by atomic mass is 35.5. The summed E-state index contributed by atoms with van der Waals surface area (Å²) >= 11 is 12.2. The van der Waals surface area contributed by atoms with Crippen molar-refractivity contribution in [2.45, 2.75) is 0 Å². The van der Waals surface area contributed by atoms with Crippen molar-refractivity contribution in [3.05, 3.63) is 87.7 Å². The monoisotopic (exact) mass is 383 g/mol. The van der Waals surface area contributed by atoms with E-state index in [1.165, 1.54) is 6.08 Å². The number of cyclic esters (lactones) is 1. The van der Waals surface area contributed by atoms with Gasteiger partial charge in [-0.05, 0) is 42.5 Å². The molecule has 0 saturated carbocycles. The van der Waals surface area contributed by atoms with E-state index in [9.17, 15) is 4.79 Å². The maximum Gasteiger partial charge on any atom is 0.363 e. The van der Waals surface area contributed by atoms with Crippen molar-refractivity contribution in [1.82, 2.24) is 0 Å². The number of benzene rings is 2. The predicted octanol–water partition coefficient (Wildman–Crippen LogP) is 5.60. The maximum absolute atomic E-state index is 12.1. The molecule has 0 radical (unpaired) electrons. The normalized spacial score (nSPS) is 15.2. The fourth-order valence-electron chi connectivity index (χ4n) is 2.51. The molecule has 0 atom stereocenters. The molecular formula is C20H11Cl2NO3. The van der Waals surface area contributed by atoms with E-state index in [1.54, 1.807) is 30.3 Å². The lowest BCUT2D eigenvalue weighted by Gasteiger charge is -2.01. The molecule has 2 aromatic carbocycles. The minimum absolute atomic E-state index is 0.168. The number of hydrogen-bond donors (Lipinski definition) is 0. The third-order valence-corrected chi connectivity index (χ3v) is 4.31. The fraction of sp³-hybridized carbons (Fsp3) is 0. The number of furan rings is 1. The minimum atomic E-state index is -0.525. The average Bonchev–Trinajstić information content (AvgIpc) is 3.25. The molecule has 4 rings (SSSR count). The van der Waals surface area contributed by atoms with Gasteiger partial charge in [-0.1, -0.05) is 41.4 Å². The summed E-state index contributed by atoms with van der Waals surface area (Å²) in [6.07, 6.45) is 1.53. The highest BCUT2D eigenvalue weighted by Crippen LogP contribution is 2.32. The summed E-state index contributed by atoms with van der Waals surface area (Å²) in [5.41, 5.74) is 1.57. The molecule has 1 aliphatic heterocycles. The van der Waals surface area contributed by atoms with Crippen LogP contribution in [-0.4, -0.2) is 11.9 Å². The molecule has 1 aromatic heterocycles. The Morgan fingerprint density at radius 3 is 2.58 bits per heavy atom. The number of halogens is 2. The van der Waals surface area contributed by atoms with Crippen LogP contribution in [0, 0.1) is 0 Å². The molecule has 0 amide bonds. The van der Waals surface area contributed by atoms with Gasteiger partial charge in [0.25, 0.3) is 0 Å². The third-order valence-electron chi connectivity index (χ3n) is 3.74. The summed E-state index contributed by atoms with van der Waals surface area (Å²) in [7, 11) is 0. The van der Waals surface area contributed by atoms with Crippen molar-refractivity contribution in [3.8, 4) is 11.3 Å². The van der Waals surface area contributed by atoms with Crippen LogP contribution in [0.4, 0.5) is 0 Å². The highest BCUT2D eigenvalue weighted by Gasteiger charge is 2.24. The number of rotatable bonds is 3. The Balaban J connectivity index is 1.65. The van der Waals surface area contributed by atoms with Crippen molar-refractivity contribution in [3.63, 3.8) is 0 Å². The predicted molar refractivity (Wildman–Crippen MR) is 101 cm³/mol. The zero-order valence-corrected chi connectivity index (χ0v) is 14.8. The molecule has 3 aromatic rings. The summed E-state index contributed by atoms with van der Waals surface area (Å²) in [4.78, 5) is 16.3. The SMILES string of the molecule is O=C1OC(c2ccccc2)=N/C1=C/c1ccc(-c2cc(Cl)ccc2Cl)o1. The molecule has 128 valence electrons. The molecule has 0 aliphatic carbocycles.